The van der Waals surface area contributed by atoms with Crippen molar-refractivity contribution < 1.29 is 76.0 Å². The number of pyridine rings is 5. The summed E-state index contributed by atoms with van der Waals surface area (Å²) in [6, 6.07) is 36.4. The van der Waals surface area contributed by atoms with Crippen LogP contribution in [-0.2, 0) is 59.3 Å². The van der Waals surface area contributed by atoms with Crippen molar-refractivity contribution in [3.63, 3.8) is 0 Å². The number of hydrogen-bond acceptors (Lipinski definition) is 31. The van der Waals surface area contributed by atoms with E-state index in [0.29, 0.717) is 128 Å². The molecule has 146 heavy (non-hydrogen) atoms. The summed E-state index contributed by atoms with van der Waals surface area (Å²) in [6.45, 7) is 12.7. The zero-order valence-electron chi connectivity index (χ0n) is 83.7. The maximum absolute atomic E-state index is 13.3. The fraction of sp³-hybridized carbons (Fsp3) is 0.327. The molecular formula is C104H111LiN20O17S4. The molecule has 0 unspecified atom stereocenters. The maximum atomic E-state index is 13.3. The molecule has 0 bridgehead atoms. The zero-order chi connectivity index (χ0) is 103. The van der Waals surface area contributed by atoms with Crippen molar-refractivity contribution in [2.24, 2.45) is 41.0 Å². The number of carbonyl (C=O) groups excluding carboxylic acids is 4. The van der Waals surface area contributed by atoms with E-state index < -0.39 is 21.8 Å². The van der Waals surface area contributed by atoms with Gasteiger partial charge < -0.3 is 51.8 Å². The largest absolute Gasteiger partial charge is 1.00 e. The minimum atomic E-state index is -3.60. The molecule has 5 aliphatic rings. The van der Waals surface area contributed by atoms with Crippen LogP contribution in [0.4, 0.5) is 5.95 Å². The number of nitrogens with two attached hydrogens (primary N) is 1. The summed E-state index contributed by atoms with van der Waals surface area (Å²) in [6.07, 6.45) is 24.9. The number of carboxylic acid groups (broad SMARTS) is 1. The second kappa shape index (κ2) is 47.5. The molecule has 2 aliphatic heterocycles. The summed E-state index contributed by atoms with van der Waals surface area (Å²) in [5.74, 6) is -1.30. The summed E-state index contributed by atoms with van der Waals surface area (Å²) in [4.78, 5) is 168. The van der Waals surface area contributed by atoms with Gasteiger partial charge in [0.2, 0.25) is 20.9 Å². The number of amides is 3. The minimum Gasteiger partial charge on any atom is -0.870 e. The molecule has 10 aromatic heterocycles. The number of nitrogens with zero attached hydrogens (tertiary/aromatic N) is 15. The number of rotatable bonds is 19. The third-order valence-corrected chi connectivity index (χ3v) is 27.7. The number of aryl methyl sites for hydroxylation is 10. The number of aromatic nitrogens is 15. The minimum absolute atomic E-state index is 0. The Balaban J connectivity index is 0.000000150. The molecule has 5 aromatic carbocycles. The van der Waals surface area contributed by atoms with Gasteiger partial charge in [0.25, 0.3) is 45.5 Å². The van der Waals surface area contributed by atoms with Crippen molar-refractivity contribution in [2.45, 2.75) is 150 Å². The first kappa shape index (κ1) is 109. The number of aromatic carboxylic acids is 1. The Labute approximate surface area is 864 Å². The Hall–Kier alpha value is -13.9. The van der Waals surface area contributed by atoms with Crippen molar-refractivity contribution in [3.8, 4) is 55.6 Å². The van der Waals surface area contributed by atoms with Crippen molar-refractivity contribution in [1.29, 1.82) is 0 Å². The summed E-state index contributed by atoms with van der Waals surface area (Å²) in [5, 5.41) is 26.6. The summed E-state index contributed by atoms with van der Waals surface area (Å²) in [7, 11) is 6.04. The number of benzene rings is 5. The molecular weight excluding hydrogens is 1940 g/mol. The van der Waals surface area contributed by atoms with Crippen molar-refractivity contribution >= 4 is 136 Å². The molecule has 12 heterocycles. The van der Waals surface area contributed by atoms with Gasteiger partial charge in [0.15, 0.2) is 15.5 Å². The van der Waals surface area contributed by atoms with E-state index >= 15 is 0 Å². The Morgan fingerprint density at radius 2 is 0.658 bits per heavy atom. The van der Waals surface area contributed by atoms with Gasteiger partial charge in [0.05, 0.1) is 18.2 Å². The SMILES string of the molecule is COC(=O)c1ccc(C)c(-c2cc3cnc(SC)nc3n(C)c2=O)c1.CSc1ncc2cc(-c3cc(C(=O)NC4CC4)ccc3C)c(=O)n(C)c2n1.CSc1ncc2cc(-c3cc(C(=O)O)ccc3C)c(=O)n(C)c2n1.Cc1ccc(C(=O)NC2CC2)cc1-c1cc2cnc(NC3CCOCC3)nc2n(C)c1=O.Cc1ccc(C(=O)NC2CC2)cc1-c1cc2cnc(S(C)(=O)=O)nc2n(C)c1=O.NC1CCOCC1.[Li+].[OH-]. The van der Waals surface area contributed by atoms with Gasteiger partial charge in [-0.05, 0) is 264 Å². The van der Waals surface area contributed by atoms with Crippen molar-refractivity contribution in [3.05, 3.63) is 260 Å². The van der Waals surface area contributed by atoms with Gasteiger partial charge in [0, 0.05) is 201 Å². The average molecular weight is 2050 g/mol. The first-order valence-electron chi connectivity index (χ1n) is 46.5. The number of carboxylic acids is 1. The summed E-state index contributed by atoms with van der Waals surface area (Å²) in [5.41, 5.74) is 19.5. The van der Waals surface area contributed by atoms with Gasteiger partial charge >= 0.3 is 30.8 Å². The van der Waals surface area contributed by atoms with Crippen LogP contribution in [0.1, 0.15) is 144 Å². The average Bonchev–Trinajstić information content (AvgIpc) is 1.52. The van der Waals surface area contributed by atoms with E-state index in [1.165, 1.54) is 81.5 Å². The third-order valence-electron chi connectivity index (χ3n) is 25.2. The van der Waals surface area contributed by atoms with Gasteiger partial charge in [0.1, 0.15) is 28.2 Å². The topological polar surface area (TPSA) is 510 Å². The molecule has 8 N–H and O–H groups in total. The second-order valence-electron chi connectivity index (χ2n) is 35.9. The molecule has 37 nitrogen and oxygen atoms in total. The predicted octanol–water partition coefficient (Wildman–Crippen LogP) is 9.79. The molecule has 5 fully saturated rings. The van der Waals surface area contributed by atoms with Gasteiger partial charge in [-0.1, -0.05) is 65.6 Å². The Morgan fingerprint density at radius 1 is 0.384 bits per heavy atom. The standard InChI is InChI=1S/C24H27N5O3.C20H20N4O4S.C20H20N4O2S.C18H17N3O3S.C17H15N3O3S.C5H11NO.Li.H2O/c1-14-3-4-15(22(30)26-17-5-6-17)11-19(14)20-12-16-13-25-24(27-18-7-9-32-10-8-18)28-21(16)29(2)23(20)31;1-11-4-5-12(18(25)22-14-6-7-14)8-15(11)16-9-13-10-21-20(29(3,27)28)23-17(13)24(2)19(16)26;1-11-4-5-12(18(25)22-14-6-7-14)8-15(11)16-9-13-10-21-20(27-3)23-17(13)24(2)19(16)26;1-10-5-6-11(17(23)24-3)7-13(10)14-8-12-9-19-18(25-4)20-15(12)21(2)16(14)22;1-9-4-5-10(16(22)23)6-12(9)13-7-11-8-18-17(24-3)19-14(11)20(2)15(13)21;6-5-1-3-7-4-2-5;;/h3-4,11-13,17-18H,5-10H2,1-2H3,(H,26,30)(H,25,27,28);4-5,8-10,14H,6-7H2,1-3H3,(H,22,25);4-5,8-10,14H,6-7H2,1-3H3,(H,22,25);5-9H,1-4H3;4-8H,1-3H3,(H,22,23);5H,1-4,6H2;;1H2/q;;;;;;+1;/p-1. The second-order valence-corrected chi connectivity index (χ2v) is 40.1. The first-order chi connectivity index (χ1) is 68.9. The number of nitrogens with one attached hydrogen (secondary N) is 4. The van der Waals surface area contributed by atoms with Crippen LogP contribution in [0.5, 0.6) is 0 Å². The van der Waals surface area contributed by atoms with Crippen molar-refractivity contribution in [1.82, 2.24) is 88.6 Å². The number of esters is 1. The summed E-state index contributed by atoms with van der Waals surface area (Å²) < 4.78 is 46.1. The van der Waals surface area contributed by atoms with E-state index in [1.54, 1.807) is 141 Å². The van der Waals surface area contributed by atoms with E-state index in [0.717, 1.165) is 157 Å². The van der Waals surface area contributed by atoms with Gasteiger partial charge in [-0.15, -0.1) is 0 Å². The van der Waals surface area contributed by atoms with Crippen LogP contribution < -0.4 is 73.7 Å². The van der Waals surface area contributed by atoms with Crippen LogP contribution in [0.25, 0.3) is 111 Å². The van der Waals surface area contributed by atoms with Crippen LogP contribution in [0.3, 0.4) is 0 Å². The molecule has 20 rings (SSSR count). The third kappa shape index (κ3) is 25.6. The molecule has 3 amide bonds. The van der Waals surface area contributed by atoms with E-state index in [4.69, 9.17) is 19.9 Å². The monoisotopic (exact) mass is 2050 g/mol. The van der Waals surface area contributed by atoms with Crippen LogP contribution in [0.2, 0.25) is 0 Å². The molecule has 3 aliphatic carbocycles. The first-order valence-corrected chi connectivity index (χ1v) is 52.1. The van der Waals surface area contributed by atoms with Crippen LogP contribution in [0, 0.1) is 34.6 Å². The predicted molar refractivity (Wildman–Crippen MR) is 560 cm³/mol. The van der Waals surface area contributed by atoms with Crippen molar-refractivity contribution in [2.75, 3.05) is 63.9 Å². The Morgan fingerprint density at radius 3 is 0.945 bits per heavy atom. The molecule has 754 valence electrons. The van der Waals surface area contributed by atoms with Crippen LogP contribution in [0.15, 0.2) is 197 Å². The fourth-order valence-electron chi connectivity index (χ4n) is 16.3. The molecule has 0 spiro atoms. The number of sulfone groups is 1. The fourth-order valence-corrected chi connectivity index (χ4v) is 17.8. The molecule has 3 saturated carbocycles. The molecule has 0 atom stereocenters. The number of carbonyl (C=O) groups is 5. The Kier molecular flexibility index (Phi) is 35.6. The number of fused-ring (bicyclic) bond motifs is 5. The van der Waals surface area contributed by atoms with Gasteiger partial charge in [-0.3, -0.25) is 61.2 Å². The van der Waals surface area contributed by atoms with E-state index in [1.807, 2.05) is 83.7 Å². The van der Waals surface area contributed by atoms with E-state index in [9.17, 15) is 61.5 Å². The maximum Gasteiger partial charge on any atom is 1.00 e. The van der Waals surface area contributed by atoms with E-state index in [2.05, 4.69) is 71.1 Å². The molecule has 0 radical (unpaired) electrons. The Bertz CT molecular complexity index is 8060. The molecule has 2 saturated heterocycles. The summed E-state index contributed by atoms with van der Waals surface area (Å²) >= 11 is 4.26. The normalized spacial score (nSPS) is 13.9. The van der Waals surface area contributed by atoms with Gasteiger partial charge in [-0.2, -0.15) is 9.97 Å². The van der Waals surface area contributed by atoms with E-state index in [-0.39, 0.29) is 104 Å². The number of anilines is 1. The zero-order valence-corrected chi connectivity index (χ0v) is 86.9. The van der Waals surface area contributed by atoms with Crippen LogP contribution in [-0.4, -0.2) is 210 Å². The number of hydrogen-bond donors (Lipinski definition) is 6. The van der Waals surface area contributed by atoms with Crippen LogP contribution >= 0.6 is 35.3 Å². The number of ether oxygens (including phenoxy) is 3. The smallest absolute Gasteiger partial charge is 0.870 e. The molecule has 42 heteroatoms. The van der Waals surface area contributed by atoms with Gasteiger partial charge in [-0.25, -0.2) is 57.9 Å². The quantitative estimate of drug-likeness (QED) is 0.0190. The molecule has 15 aromatic rings. The number of methoxy groups -OCH3 is 1. The number of thioether (sulfide) groups is 3.